The SMILES string of the molecule is CNC(=O)c1cc2c(Oc3cnc(Br)cn3)ccnc2cc1OC. The number of methoxy groups -OCH3 is 1. The van der Waals surface area contributed by atoms with Gasteiger partial charge in [-0.1, -0.05) is 0 Å². The van der Waals surface area contributed by atoms with Crippen molar-refractivity contribution in [1.82, 2.24) is 20.3 Å². The van der Waals surface area contributed by atoms with Gasteiger partial charge in [0.25, 0.3) is 5.91 Å². The van der Waals surface area contributed by atoms with Crippen molar-refractivity contribution in [3.8, 4) is 17.4 Å². The van der Waals surface area contributed by atoms with Crippen molar-refractivity contribution in [2.24, 2.45) is 0 Å². The van der Waals surface area contributed by atoms with Crippen LogP contribution in [0.4, 0.5) is 0 Å². The van der Waals surface area contributed by atoms with E-state index in [0.29, 0.717) is 38.4 Å². The molecule has 0 atom stereocenters. The zero-order valence-electron chi connectivity index (χ0n) is 12.9. The maximum Gasteiger partial charge on any atom is 0.254 e. The molecule has 1 N–H and O–H groups in total. The van der Waals surface area contributed by atoms with Gasteiger partial charge in [0.05, 0.1) is 30.6 Å². The fourth-order valence-corrected chi connectivity index (χ4v) is 2.39. The first-order valence-electron chi connectivity index (χ1n) is 6.96. The van der Waals surface area contributed by atoms with Crippen molar-refractivity contribution in [1.29, 1.82) is 0 Å². The molecule has 0 radical (unpaired) electrons. The van der Waals surface area contributed by atoms with Crippen molar-refractivity contribution in [2.45, 2.75) is 0 Å². The third-order valence-electron chi connectivity index (χ3n) is 3.31. The van der Waals surface area contributed by atoms with Gasteiger partial charge >= 0.3 is 0 Å². The quantitative estimate of drug-likeness (QED) is 0.739. The molecule has 8 heteroatoms. The molecule has 1 amide bonds. The van der Waals surface area contributed by atoms with E-state index in [1.165, 1.54) is 19.5 Å². The summed E-state index contributed by atoms with van der Waals surface area (Å²) in [7, 11) is 3.06. The first-order chi connectivity index (χ1) is 11.6. The number of carbonyl (C=O) groups excluding carboxylic acids is 1. The predicted molar refractivity (Wildman–Crippen MR) is 91.5 cm³/mol. The van der Waals surface area contributed by atoms with Crippen LogP contribution in [0.25, 0.3) is 10.9 Å². The topological polar surface area (TPSA) is 86.2 Å². The summed E-state index contributed by atoms with van der Waals surface area (Å²) in [6, 6.07) is 5.08. The Balaban J connectivity index is 2.11. The van der Waals surface area contributed by atoms with E-state index >= 15 is 0 Å². The second-order valence-electron chi connectivity index (χ2n) is 4.74. The van der Waals surface area contributed by atoms with Crippen molar-refractivity contribution in [3.05, 3.63) is 47.0 Å². The highest BCUT2D eigenvalue weighted by Crippen LogP contribution is 2.32. The van der Waals surface area contributed by atoms with Crippen LogP contribution in [0.1, 0.15) is 10.4 Å². The zero-order valence-corrected chi connectivity index (χ0v) is 14.5. The Labute approximate surface area is 146 Å². The van der Waals surface area contributed by atoms with Crippen molar-refractivity contribution in [3.63, 3.8) is 0 Å². The number of benzene rings is 1. The number of halogens is 1. The van der Waals surface area contributed by atoms with Gasteiger partial charge < -0.3 is 14.8 Å². The lowest BCUT2D eigenvalue weighted by molar-refractivity contribution is 0.0960. The van der Waals surface area contributed by atoms with Crippen LogP contribution in [0.2, 0.25) is 0 Å². The van der Waals surface area contributed by atoms with E-state index in [-0.39, 0.29) is 5.91 Å². The molecule has 3 rings (SSSR count). The Morgan fingerprint density at radius 3 is 2.67 bits per heavy atom. The van der Waals surface area contributed by atoms with Crippen LogP contribution in [0, 0.1) is 0 Å². The second-order valence-corrected chi connectivity index (χ2v) is 5.55. The standard InChI is InChI=1S/C16H13BrN4O3/c1-18-16(22)10-5-9-11(6-13(10)23-2)19-4-3-12(9)24-15-8-20-14(17)7-21-15/h3-8H,1-2H3,(H,18,22). The number of amides is 1. The summed E-state index contributed by atoms with van der Waals surface area (Å²) in [6.45, 7) is 0. The third-order valence-corrected chi connectivity index (χ3v) is 3.72. The Hall–Kier alpha value is -2.74. The number of ether oxygens (including phenoxy) is 2. The summed E-state index contributed by atoms with van der Waals surface area (Å²) in [6.07, 6.45) is 4.65. The Bertz CT molecular complexity index is 900. The van der Waals surface area contributed by atoms with E-state index in [9.17, 15) is 4.79 Å². The van der Waals surface area contributed by atoms with Gasteiger partial charge in [-0.25, -0.2) is 9.97 Å². The van der Waals surface area contributed by atoms with Gasteiger partial charge in [0.1, 0.15) is 16.1 Å². The van der Waals surface area contributed by atoms with Crippen molar-refractivity contribution in [2.75, 3.05) is 14.2 Å². The molecule has 7 nitrogen and oxygen atoms in total. The summed E-state index contributed by atoms with van der Waals surface area (Å²) in [5.41, 5.74) is 1.04. The van der Waals surface area contributed by atoms with Crippen molar-refractivity contribution >= 4 is 32.7 Å². The summed E-state index contributed by atoms with van der Waals surface area (Å²) in [4.78, 5) is 24.6. The lowest BCUT2D eigenvalue weighted by atomic mass is 10.1. The predicted octanol–water partition coefficient (Wildman–Crippen LogP) is 2.95. The minimum Gasteiger partial charge on any atom is -0.496 e. The molecule has 0 bridgehead atoms. The third kappa shape index (κ3) is 3.13. The fraction of sp³-hybridized carbons (Fsp3) is 0.125. The number of nitrogens with one attached hydrogen (secondary N) is 1. The molecule has 1 aromatic carbocycles. The summed E-state index contributed by atoms with van der Waals surface area (Å²) >= 11 is 3.22. The van der Waals surface area contributed by atoms with E-state index in [1.54, 1.807) is 31.4 Å². The molecule has 122 valence electrons. The molecule has 0 fully saturated rings. The lowest BCUT2D eigenvalue weighted by Crippen LogP contribution is -2.18. The Morgan fingerprint density at radius 1 is 1.17 bits per heavy atom. The molecule has 0 aliphatic rings. The van der Waals surface area contributed by atoms with Gasteiger partial charge in [0, 0.05) is 24.7 Å². The van der Waals surface area contributed by atoms with Crippen LogP contribution >= 0.6 is 15.9 Å². The van der Waals surface area contributed by atoms with Crippen LogP contribution < -0.4 is 14.8 Å². The molecule has 24 heavy (non-hydrogen) atoms. The first-order valence-corrected chi connectivity index (χ1v) is 7.76. The molecule has 0 aliphatic heterocycles. The smallest absolute Gasteiger partial charge is 0.254 e. The number of carbonyl (C=O) groups is 1. The van der Waals surface area contributed by atoms with Crippen LogP contribution in [0.5, 0.6) is 17.4 Å². The largest absolute Gasteiger partial charge is 0.496 e. The summed E-state index contributed by atoms with van der Waals surface area (Å²) in [5.74, 6) is 1.04. The fourth-order valence-electron chi connectivity index (χ4n) is 2.18. The minimum atomic E-state index is -0.257. The molecule has 2 heterocycles. The molecule has 0 aliphatic carbocycles. The van der Waals surface area contributed by atoms with Crippen LogP contribution in [0.15, 0.2) is 41.4 Å². The Kier molecular flexibility index (Phi) is 4.57. The number of aromatic nitrogens is 3. The number of rotatable bonds is 4. The monoisotopic (exact) mass is 388 g/mol. The molecular formula is C16H13BrN4O3. The highest BCUT2D eigenvalue weighted by molar-refractivity contribution is 9.10. The van der Waals surface area contributed by atoms with Gasteiger partial charge in [-0.3, -0.25) is 9.78 Å². The molecule has 0 saturated heterocycles. The van der Waals surface area contributed by atoms with E-state index < -0.39 is 0 Å². The maximum atomic E-state index is 12.1. The van der Waals surface area contributed by atoms with Gasteiger partial charge in [0.2, 0.25) is 5.88 Å². The molecule has 0 unspecified atom stereocenters. The van der Waals surface area contributed by atoms with E-state index in [2.05, 4.69) is 36.2 Å². The lowest BCUT2D eigenvalue weighted by Gasteiger charge is -2.12. The minimum absolute atomic E-state index is 0.257. The Morgan fingerprint density at radius 2 is 2.00 bits per heavy atom. The van der Waals surface area contributed by atoms with Crippen LogP contribution in [0.3, 0.4) is 0 Å². The first kappa shape index (κ1) is 16.1. The van der Waals surface area contributed by atoms with E-state index in [0.717, 1.165) is 0 Å². The molecular weight excluding hydrogens is 376 g/mol. The maximum absolute atomic E-state index is 12.1. The van der Waals surface area contributed by atoms with Gasteiger partial charge in [-0.05, 0) is 28.1 Å². The van der Waals surface area contributed by atoms with Crippen molar-refractivity contribution < 1.29 is 14.3 Å². The van der Waals surface area contributed by atoms with Crippen LogP contribution in [-0.4, -0.2) is 35.0 Å². The summed E-state index contributed by atoms with van der Waals surface area (Å²) < 4.78 is 11.7. The summed E-state index contributed by atoms with van der Waals surface area (Å²) in [5, 5.41) is 3.26. The molecule has 0 saturated carbocycles. The number of hydrogen-bond acceptors (Lipinski definition) is 6. The van der Waals surface area contributed by atoms with Crippen LogP contribution in [-0.2, 0) is 0 Å². The number of hydrogen-bond donors (Lipinski definition) is 1. The average Bonchev–Trinajstić information content (AvgIpc) is 2.62. The number of fused-ring (bicyclic) bond motifs is 1. The van der Waals surface area contributed by atoms with Gasteiger partial charge in [-0.2, -0.15) is 0 Å². The highest BCUT2D eigenvalue weighted by atomic mass is 79.9. The van der Waals surface area contributed by atoms with Gasteiger partial charge in [-0.15, -0.1) is 0 Å². The highest BCUT2D eigenvalue weighted by Gasteiger charge is 2.15. The molecule has 3 aromatic rings. The van der Waals surface area contributed by atoms with E-state index in [1.807, 2.05) is 0 Å². The zero-order chi connectivity index (χ0) is 17.1. The number of pyridine rings is 1. The molecule has 2 aromatic heterocycles. The second kappa shape index (κ2) is 6.79. The van der Waals surface area contributed by atoms with E-state index in [4.69, 9.17) is 9.47 Å². The normalized spacial score (nSPS) is 10.5. The number of nitrogens with zero attached hydrogens (tertiary/aromatic N) is 3. The average molecular weight is 389 g/mol. The van der Waals surface area contributed by atoms with Gasteiger partial charge in [0.15, 0.2) is 0 Å². The molecule has 0 spiro atoms.